The summed E-state index contributed by atoms with van der Waals surface area (Å²) in [6.07, 6.45) is -2.52. The van der Waals surface area contributed by atoms with Gasteiger partial charge in [0.15, 0.2) is 0 Å². The van der Waals surface area contributed by atoms with Crippen molar-refractivity contribution < 1.29 is 18.3 Å². The molecule has 5 heteroatoms. The predicted octanol–water partition coefficient (Wildman–Crippen LogP) is 1.18. The molecule has 3 nitrogen and oxygen atoms in total. The van der Waals surface area contributed by atoms with Gasteiger partial charge in [0.1, 0.15) is 6.61 Å². The number of halogens is 2. The minimum Gasteiger partial charge on any atom is -0.366 e. The molecule has 0 aliphatic heterocycles. The van der Waals surface area contributed by atoms with Gasteiger partial charge in [0.2, 0.25) is 5.91 Å². The largest absolute Gasteiger partial charge is 0.366 e. The highest BCUT2D eigenvalue weighted by Crippen LogP contribution is 2.05. The zero-order chi connectivity index (χ0) is 10.5. The smallest absolute Gasteiger partial charge is 0.255 e. The molecule has 13 heavy (non-hydrogen) atoms. The Morgan fingerprint density at radius 1 is 1.46 bits per heavy atom. The molecule has 0 fully saturated rings. The van der Waals surface area contributed by atoms with Gasteiger partial charge in [0.25, 0.3) is 6.43 Å². The molecule has 0 spiro atoms. The van der Waals surface area contributed by atoms with Crippen LogP contribution in [0.25, 0.3) is 0 Å². The molecule has 0 aliphatic rings. The van der Waals surface area contributed by atoms with E-state index in [4.69, 9.17) is 4.74 Å². The highest BCUT2D eigenvalue weighted by atomic mass is 19.3. The topological polar surface area (TPSA) is 38.3 Å². The SMILES string of the molecule is CC(C)(C)OCC(=O)NCC(F)F. The zero-order valence-electron chi connectivity index (χ0n) is 8.06. The van der Waals surface area contributed by atoms with E-state index in [0.29, 0.717) is 0 Å². The van der Waals surface area contributed by atoms with Gasteiger partial charge >= 0.3 is 0 Å². The van der Waals surface area contributed by atoms with E-state index in [9.17, 15) is 13.6 Å². The van der Waals surface area contributed by atoms with Gasteiger partial charge in [-0.25, -0.2) is 8.78 Å². The highest BCUT2D eigenvalue weighted by molar-refractivity contribution is 5.77. The first-order chi connectivity index (χ1) is 5.81. The van der Waals surface area contributed by atoms with E-state index in [1.54, 1.807) is 20.8 Å². The van der Waals surface area contributed by atoms with Gasteiger partial charge in [-0.15, -0.1) is 0 Å². The number of alkyl halides is 2. The summed E-state index contributed by atoms with van der Waals surface area (Å²) in [5.74, 6) is -0.518. The molecule has 0 aromatic rings. The van der Waals surface area contributed by atoms with Gasteiger partial charge in [-0.1, -0.05) is 0 Å². The summed E-state index contributed by atoms with van der Waals surface area (Å²) in [6, 6.07) is 0. The second kappa shape index (κ2) is 5.11. The van der Waals surface area contributed by atoms with Crippen molar-refractivity contribution in [1.29, 1.82) is 0 Å². The predicted molar refractivity (Wildman–Crippen MR) is 44.7 cm³/mol. The van der Waals surface area contributed by atoms with E-state index in [-0.39, 0.29) is 6.61 Å². The number of hydrogen-bond acceptors (Lipinski definition) is 2. The number of hydrogen-bond donors (Lipinski definition) is 1. The third-order valence-corrected chi connectivity index (χ3v) is 1.09. The van der Waals surface area contributed by atoms with E-state index in [1.165, 1.54) is 0 Å². The Labute approximate surface area is 76.4 Å². The summed E-state index contributed by atoms with van der Waals surface area (Å²) < 4.78 is 28.3. The number of ether oxygens (including phenoxy) is 1. The molecule has 0 saturated carbocycles. The molecule has 0 bridgehead atoms. The van der Waals surface area contributed by atoms with Crippen LogP contribution in [0.1, 0.15) is 20.8 Å². The van der Waals surface area contributed by atoms with Crippen LogP contribution in [0.3, 0.4) is 0 Å². The Morgan fingerprint density at radius 3 is 2.38 bits per heavy atom. The van der Waals surface area contributed by atoms with E-state index in [2.05, 4.69) is 0 Å². The number of amides is 1. The highest BCUT2D eigenvalue weighted by Gasteiger charge is 2.13. The quantitative estimate of drug-likeness (QED) is 0.731. The van der Waals surface area contributed by atoms with Crippen LogP contribution in [0, 0.1) is 0 Å². The normalized spacial score (nSPS) is 11.8. The Bertz CT molecular complexity index is 166. The number of nitrogens with one attached hydrogen (secondary N) is 1. The summed E-state index contributed by atoms with van der Waals surface area (Å²) in [5, 5.41) is 2.04. The van der Waals surface area contributed by atoms with Crippen LogP contribution in [0.4, 0.5) is 8.78 Å². The zero-order valence-corrected chi connectivity index (χ0v) is 8.06. The number of rotatable bonds is 4. The van der Waals surface area contributed by atoms with Crippen LogP contribution >= 0.6 is 0 Å². The standard InChI is InChI=1S/C8H15F2NO2/c1-8(2,3)13-5-7(12)11-4-6(9)10/h6H,4-5H2,1-3H3,(H,11,12). The number of carbonyl (C=O) groups excluding carboxylic acids is 1. The molecule has 1 N–H and O–H groups in total. The van der Waals surface area contributed by atoms with Crippen molar-refractivity contribution in [2.45, 2.75) is 32.8 Å². The van der Waals surface area contributed by atoms with Crippen molar-refractivity contribution in [3.8, 4) is 0 Å². The molecule has 0 atom stereocenters. The third kappa shape index (κ3) is 9.20. The van der Waals surface area contributed by atoms with Crippen molar-refractivity contribution in [2.75, 3.05) is 13.2 Å². The lowest BCUT2D eigenvalue weighted by atomic mass is 10.2. The molecule has 0 saturated heterocycles. The molecule has 0 heterocycles. The minimum absolute atomic E-state index is 0.184. The molecule has 1 amide bonds. The van der Waals surface area contributed by atoms with Crippen molar-refractivity contribution in [3.05, 3.63) is 0 Å². The Morgan fingerprint density at radius 2 is 2.00 bits per heavy atom. The monoisotopic (exact) mass is 195 g/mol. The van der Waals surface area contributed by atoms with Crippen molar-refractivity contribution in [1.82, 2.24) is 5.32 Å². The average Bonchev–Trinajstić information content (AvgIpc) is 1.95. The minimum atomic E-state index is -2.52. The molecular formula is C8H15F2NO2. The van der Waals surface area contributed by atoms with Gasteiger partial charge in [0.05, 0.1) is 12.1 Å². The van der Waals surface area contributed by atoms with Gasteiger partial charge in [-0.2, -0.15) is 0 Å². The Balaban J connectivity index is 3.53. The summed E-state index contributed by atoms with van der Waals surface area (Å²) in [7, 11) is 0. The maximum Gasteiger partial charge on any atom is 0.255 e. The third-order valence-electron chi connectivity index (χ3n) is 1.09. The lowest BCUT2D eigenvalue weighted by molar-refractivity contribution is -0.131. The van der Waals surface area contributed by atoms with Crippen molar-refractivity contribution in [3.63, 3.8) is 0 Å². The molecule has 0 radical (unpaired) electrons. The fourth-order valence-corrected chi connectivity index (χ4v) is 0.524. The first-order valence-corrected chi connectivity index (χ1v) is 4.00. The summed E-state index contributed by atoms with van der Waals surface area (Å²) in [4.78, 5) is 10.8. The summed E-state index contributed by atoms with van der Waals surface area (Å²) in [6.45, 7) is 4.55. The van der Waals surface area contributed by atoms with Crippen molar-refractivity contribution >= 4 is 5.91 Å². The molecule has 0 aliphatic carbocycles. The van der Waals surface area contributed by atoms with Gasteiger partial charge < -0.3 is 10.1 Å². The Hall–Kier alpha value is -0.710. The first kappa shape index (κ1) is 12.3. The summed E-state index contributed by atoms with van der Waals surface area (Å²) in [5.41, 5.74) is -0.428. The molecule has 0 unspecified atom stereocenters. The maximum atomic E-state index is 11.6. The van der Waals surface area contributed by atoms with Crippen LogP contribution in [-0.2, 0) is 9.53 Å². The van der Waals surface area contributed by atoms with E-state index < -0.39 is 24.5 Å². The van der Waals surface area contributed by atoms with Gasteiger partial charge in [-0.05, 0) is 20.8 Å². The van der Waals surface area contributed by atoms with Crippen LogP contribution in [0.5, 0.6) is 0 Å². The molecular weight excluding hydrogens is 180 g/mol. The van der Waals surface area contributed by atoms with Crippen LogP contribution in [-0.4, -0.2) is 31.1 Å². The van der Waals surface area contributed by atoms with Crippen LogP contribution in [0.2, 0.25) is 0 Å². The molecule has 0 aromatic heterocycles. The van der Waals surface area contributed by atoms with E-state index in [1.807, 2.05) is 5.32 Å². The lowest BCUT2D eigenvalue weighted by Gasteiger charge is -2.18. The maximum absolute atomic E-state index is 11.6. The fourth-order valence-electron chi connectivity index (χ4n) is 0.524. The van der Waals surface area contributed by atoms with Gasteiger partial charge in [-0.3, -0.25) is 4.79 Å². The molecule has 0 aromatic carbocycles. The molecule has 78 valence electrons. The Kier molecular flexibility index (Phi) is 4.83. The summed E-state index contributed by atoms with van der Waals surface area (Å²) >= 11 is 0. The van der Waals surface area contributed by atoms with Crippen LogP contribution < -0.4 is 5.32 Å². The second-order valence-electron chi connectivity index (χ2n) is 3.60. The van der Waals surface area contributed by atoms with Crippen molar-refractivity contribution in [2.24, 2.45) is 0 Å². The first-order valence-electron chi connectivity index (χ1n) is 4.00. The van der Waals surface area contributed by atoms with E-state index in [0.717, 1.165) is 0 Å². The number of carbonyl (C=O) groups is 1. The average molecular weight is 195 g/mol. The molecule has 0 rings (SSSR count). The fraction of sp³-hybridized carbons (Fsp3) is 0.875. The lowest BCUT2D eigenvalue weighted by Crippen LogP contribution is -2.34. The second-order valence-corrected chi connectivity index (χ2v) is 3.60. The van der Waals surface area contributed by atoms with Gasteiger partial charge in [0, 0.05) is 0 Å². The van der Waals surface area contributed by atoms with E-state index >= 15 is 0 Å². The van der Waals surface area contributed by atoms with Crippen LogP contribution in [0.15, 0.2) is 0 Å².